The number of fused-ring (bicyclic) bond motifs is 2. The third-order valence-corrected chi connectivity index (χ3v) is 5.02. The number of nitrogen functional groups attached to an aromatic ring is 1. The maximum Gasteiger partial charge on any atom is 0.311 e. The van der Waals surface area contributed by atoms with Crippen LogP contribution in [0.4, 0.5) is 17.3 Å². The van der Waals surface area contributed by atoms with Crippen molar-refractivity contribution in [2.75, 3.05) is 10.7 Å². The van der Waals surface area contributed by atoms with Gasteiger partial charge < -0.3 is 10.7 Å². The largest absolute Gasteiger partial charge is 0.362 e. The van der Waals surface area contributed by atoms with E-state index in [2.05, 4.69) is 22.7 Å². The Morgan fingerprint density at radius 2 is 2.24 bits per heavy atom. The molecule has 0 amide bonds. The number of rotatable bonds is 5. The molecule has 21 heavy (non-hydrogen) atoms. The van der Waals surface area contributed by atoms with Crippen molar-refractivity contribution in [3.05, 3.63) is 22.2 Å². The minimum atomic E-state index is -0.414. The van der Waals surface area contributed by atoms with Crippen molar-refractivity contribution in [2.45, 2.75) is 38.6 Å². The third-order valence-electron chi connectivity index (χ3n) is 5.02. The van der Waals surface area contributed by atoms with Crippen LogP contribution in [0.2, 0.25) is 0 Å². The molecule has 2 saturated carbocycles. The van der Waals surface area contributed by atoms with Crippen molar-refractivity contribution in [3.8, 4) is 0 Å². The van der Waals surface area contributed by atoms with Crippen LogP contribution in [-0.4, -0.2) is 15.9 Å². The van der Waals surface area contributed by atoms with Crippen LogP contribution in [0.15, 0.2) is 12.1 Å². The fourth-order valence-corrected chi connectivity index (χ4v) is 4.01. The van der Waals surface area contributed by atoms with Gasteiger partial charge in [0.15, 0.2) is 0 Å². The molecule has 2 aliphatic rings. The fourth-order valence-electron chi connectivity index (χ4n) is 4.01. The molecule has 3 rings (SSSR count). The number of anilines is 2. The van der Waals surface area contributed by atoms with Gasteiger partial charge in [0.2, 0.25) is 5.82 Å². The molecule has 0 aromatic carbocycles. The fraction of sp³-hybridized carbons (Fsp3) is 0.643. The second-order valence-corrected chi connectivity index (χ2v) is 6.24. The molecule has 7 nitrogen and oxygen atoms in total. The first-order valence-electron chi connectivity index (χ1n) is 7.47. The van der Waals surface area contributed by atoms with Crippen LogP contribution in [0.1, 0.15) is 32.6 Å². The summed E-state index contributed by atoms with van der Waals surface area (Å²) < 4.78 is 0. The number of hydrogen-bond acceptors (Lipinski definition) is 6. The Labute approximate surface area is 123 Å². The SMILES string of the molecule is CC(Nc1nc(NN)ccc1[N+](=O)[O-])C1CC2CCC1C2. The molecule has 4 atom stereocenters. The number of nitro groups is 1. The van der Waals surface area contributed by atoms with E-state index in [0.717, 1.165) is 11.8 Å². The molecule has 0 spiro atoms. The summed E-state index contributed by atoms with van der Waals surface area (Å²) >= 11 is 0. The molecule has 1 aromatic rings. The van der Waals surface area contributed by atoms with Crippen LogP contribution in [0, 0.1) is 27.9 Å². The molecule has 2 fully saturated rings. The Kier molecular flexibility index (Phi) is 3.67. The first-order chi connectivity index (χ1) is 10.1. The third kappa shape index (κ3) is 2.65. The van der Waals surface area contributed by atoms with E-state index < -0.39 is 4.92 Å². The highest BCUT2D eigenvalue weighted by Gasteiger charge is 2.42. The van der Waals surface area contributed by atoms with Crippen molar-refractivity contribution < 1.29 is 4.92 Å². The van der Waals surface area contributed by atoms with E-state index in [1.54, 1.807) is 0 Å². The lowest BCUT2D eigenvalue weighted by Gasteiger charge is -2.28. The smallest absolute Gasteiger partial charge is 0.311 e. The molecule has 0 radical (unpaired) electrons. The van der Waals surface area contributed by atoms with E-state index in [-0.39, 0.29) is 11.7 Å². The number of pyridine rings is 1. The van der Waals surface area contributed by atoms with Gasteiger partial charge in [-0.15, -0.1) is 0 Å². The van der Waals surface area contributed by atoms with E-state index in [1.807, 2.05) is 0 Å². The predicted octanol–water partition coefficient (Wildman–Crippen LogP) is 2.51. The van der Waals surface area contributed by atoms with Crippen LogP contribution in [0.25, 0.3) is 0 Å². The summed E-state index contributed by atoms with van der Waals surface area (Å²) in [6.07, 6.45) is 5.18. The zero-order chi connectivity index (χ0) is 15.0. The van der Waals surface area contributed by atoms with Gasteiger partial charge in [0.05, 0.1) is 4.92 Å². The predicted molar refractivity (Wildman–Crippen MR) is 80.7 cm³/mol. The number of aromatic nitrogens is 1. The average Bonchev–Trinajstić information content (AvgIpc) is 3.09. The van der Waals surface area contributed by atoms with E-state index in [9.17, 15) is 10.1 Å². The topological polar surface area (TPSA) is 106 Å². The highest BCUT2D eigenvalue weighted by molar-refractivity contribution is 5.60. The molecule has 1 heterocycles. The first-order valence-corrected chi connectivity index (χ1v) is 7.47. The number of hydrazine groups is 1. The molecule has 2 aliphatic carbocycles. The molecule has 0 saturated heterocycles. The van der Waals surface area contributed by atoms with Gasteiger partial charge in [-0.2, -0.15) is 0 Å². The Hall–Kier alpha value is -1.89. The standard InChI is InChI=1S/C14H21N5O2/c1-8(11-7-9-2-3-10(11)6-9)16-14-12(19(20)21)4-5-13(17-14)18-15/h4-5,8-11H,2-3,6-7,15H2,1H3,(H2,16,17,18). The van der Waals surface area contributed by atoms with Crippen LogP contribution in [-0.2, 0) is 0 Å². The summed E-state index contributed by atoms with van der Waals surface area (Å²) in [5.41, 5.74) is 2.42. The van der Waals surface area contributed by atoms with Crippen LogP contribution >= 0.6 is 0 Å². The lowest BCUT2D eigenvalue weighted by atomic mass is 9.84. The Morgan fingerprint density at radius 3 is 2.81 bits per heavy atom. The Bertz CT molecular complexity index is 550. The molecular formula is C14H21N5O2. The molecular weight excluding hydrogens is 270 g/mol. The number of hydrogen-bond donors (Lipinski definition) is 3. The highest BCUT2D eigenvalue weighted by atomic mass is 16.6. The molecule has 114 valence electrons. The molecule has 4 unspecified atom stereocenters. The molecule has 2 bridgehead atoms. The second kappa shape index (κ2) is 5.48. The van der Waals surface area contributed by atoms with Crippen LogP contribution < -0.4 is 16.6 Å². The van der Waals surface area contributed by atoms with Crippen LogP contribution in [0.5, 0.6) is 0 Å². The summed E-state index contributed by atoms with van der Waals surface area (Å²) in [5.74, 6) is 8.24. The van der Waals surface area contributed by atoms with Crippen molar-refractivity contribution in [3.63, 3.8) is 0 Å². The number of nitrogens with one attached hydrogen (secondary N) is 2. The first kappa shape index (κ1) is 14.1. The summed E-state index contributed by atoms with van der Waals surface area (Å²) in [5, 5.41) is 14.4. The summed E-state index contributed by atoms with van der Waals surface area (Å²) in [7, 11) is 0. The minimum Gasteiger partial charge on any atom is -0.362 e. The summed E-state index contributed by atoms with van der Waals surface area (Å²) in [4.78, 5) is 14.9. The van der Waals surface area contributed by atoms with Gasteiger partial charge >= 0.3 is 5.69 Å². The van der Waals surface area contributed by atoms with Gasteiger partial charge in [-0.1, -0.05) is 6.42 Å². The van der Waals surface area contributed by atoms with Gasteiger partial charge in [-0.3, -0.25) is 10.1 Å². The highest BCUT2D eigenvalue weighted by Crippen LogP contribution is 2.50. The summed E-state index contributed by atoms with van der Waals surface area (Å²) in [6, 6.07) is 3.11. The van der Waals surface area contributed by atoms with E-state index in [1.165, 1.54) is 37.8 Å². The lowest BCUT2D eigenvalue weighted by Crippen LogP contribution is -2.30. The average molecular weight is 291 g/mol. The molecule has 0 aliphatic heterocycles. The van der Waals surface area contributed by atoms with Gasteiger partial charge in [0, 0.05) is 12.1 Å². The lowest BCUT2D eigenvalue weighted by molar-refractivity contribution is -0.384. The van der Waals surface area contributed by atoms with E-state index in [4.69, 9.17) is 5.84 Å². The number of nitrogens with two attached hydrogens (primary N) is 1. The molecule has 1 aromatic heterocycles. The van der Waals surface area contributed by atoms with Gasteiger partial charge in [0.25, 0.3) is 0 Å². The normalized spacial score (nSPS) is 28.4. The summed E-state index contributed by atoms with van der Waals surface area (Å²) in [6.45, 7) is 2.10. The van der Waals surface area contributed by atoms with Crippen molar-refractivity contribution in [1.29, 1.82) is 0 Å². The van der Waals surface area contributed by atoms with Gasteiger partial charge in [0.1, 0.15) is 5.82 Å². The van der Waals surface area contributed by atoms with Crippen molar-refractivity contribution in [2.24, 2.45) is 23.6 Å². The Morgan fingerprint density at radius 1 is 1.43 bits per heavy atom. The van der Waals surface area contributed by atoms with E-state index in [0.29, 0.717) is 17.6 Å². The van der Waals surface area contributed by atoms with E-state index >= 15 is 0 Å². The maximum atomic E-state index is 11.1. The maximum absolute atomic E-state index is 11.1. The monoisotopic (exact) mass is 291 g/mol. The Balaban J connectivity index is 1.78. The molecule has 4 N–H and O–H groups in total. The quantitative estimate of drug-likeness (QED) is 0.437. The molecule has 7 heteroatoms. The zero-order valence-corrected chi connectivity index (χ0v) is 12.1. The van der Waals surface area contributed by atoms with Crippen LogP contribution in [0.3, 0.4) is 0 Å². The number of nitrogens with zero attached hydrogens (tertiary/aromatic N) is 2. The second-order valence-electron chi connectivity index (χ2n) is 6.24. The van der Waals surface area contributed by atoms with Gasteiger partial charge in [-0.25, -0.2) is 10.8 Å². The van der Waals surface area contributed by atoms with Crippen molar-refractivity contribution in [1.82, 2.24) is 4.98 Å². The zero-order valence-electron chi connectivity index (χ0n) is 12.1. The van der Waals surface area contributed by atoms with Gasteiger partial charge in [-0.05, 0) is 50.0 Å². The van der Waals surface area contributed by atoms with Crippen molar-refractivity contribution >= 4 is 17.3 Å². The minimum absolute atomic E-state index is 0.0102.